The Morgan fingerprint density at radius 3 is 2.46 bits per heavy atom. The molecule has 2 aromatic heterocycles. The van der Waals surface area contributed by atoms with E-state index in [1.54, 1.807) is 18.5 Å². The molecule has 0 amide bonds. The number of nitrogens with zero attached hydrogens (tertiary/aromatic N) is 5. The number of pyridine rings is 1. The molecule has 0 spiro atoms. The van der Waals surface area contributed by atoms with Gasteiger partial charge in [0, 0.05) is 49.6 Å². The van der Waals surface area contributed by atoms with Crippen LogP contribution in [0, 0.1) is 0 Å². The molecule has 1 saturated heterocycles. The average molecular weight is 403 g/mol. The molecule has 28 heavy (non-hydrogen) atoms. The van der Waals surface area contributed by atoms with E-state index in [0.29, 0.717) is 5.52 Å². The fraction of sp³-hybridized carbons (Fsp3) is 0.278. The minimum Gasteiger partial charge on any atom is -0.483 e. The summed E-state index contributed by atoms with van der Waals surface area (Å²) in [4.78, 5) is 17.0. The molecule has 148 valence electrons. The Labute approximate surface area is 162 Å². The molecule has 10 heteroatoms. The van der Waals surface area contributed by atoms with Crippen molar-refractivity contribution in [1.82, 2.24) is 19.1 Å². The largest absolute Gasteiger partial charge is 0.483 e. The molecule has 1 fully saturated rings. The summed E-state index contributed by atoms with van der Waals surface area (Å²) in [6.45, 7) is 3.58. The van der Waals surface area contributed by atoms with Gasteiger partial charge in [0.05, 0.1) is 11.7 Å². The van der Waals surface area contributed by atoms with Crippen LogP contribution in [0.5, 0.6) is 0 Å². The van der Waals surface area contributed by atoms with Crippen LogP contribution in [0.1, 0.15) is 0 Å². The molecule has 1 N–H and O–H groups in total. The normalized spacial score (nSPS) is 15.1. The Morgan fingerprint density at radius 1 is 1.11 bits per heavy atom. The maximum Gasteiger partial charge on any atom is 0.290 e. The second-order valence-corrected chi connectivity index (χ2v) is 8.09. The summed E-state index contributed by atoms with van der Waals surface area (Å²) in [5.41, 5.74) is 1.60. The molecule has 0 bridgehead atoms. The summed E-state index contributed by atoms with van der Waals surface area (Å²) in [5.74, 6) is 0. The van der Waals surface area contributed by atoms with E-state index in [1.165, 1.54) is 12.3 Å². The summed E-state index contributed by atoms with van der Waals surface area (Å²) in [6.07, 6.45) is 4.47. The molecule has 3 aromatic rings. The highest BCUT2D eigenvalue weighted by molar-refractivity contribution is 7.90. The van der Waals surface area contributed by atoms with Gasteiger partial charge in [0.15, 0.2) is 0 Å². The predicted molar refractivity (Wildman–Crippen MR) is 105 cm³/mol. The number of hydrogen-bond donors (Lipinski definition) is 1. The van der Waals surface area contributed by atoms with Gasteiger partial charge in [0.2, 0.25) is 0 Å². The van der Waals surface area contributed by atoms with Gasteiger partial charge < -0.3 is 14.9 Å². The van der Waals surface area contributed by atoms with E-state index < -0.39 is 10.0 Å². The molecular weight excluding hydrogens is 382 g/mol. The van der Waals surface area contributed by atoms with Gasteiger partial charge in [0.25, 0.3) is 16.5 Å². The van der Waals surface area contributed by atoms with E-state index >= 15 is 0 Å². The first-order valence-electron chi connectivity index (χ1n) is 8.62. The van der Waals surface area contributed by atoms with Gasteiger partial charge in [-0.25, -0.2) is 0 Å². The summed E-state index contributed by atoms with van der Waals surface area (Å²) in [5, 5.41) is 11.8. The summed E-state index contributed by atoms with van der Waals surface area (Å²) < 4.78 is 26.9. The Morgan fingerprint density at radius 2 is 1.82 bits per heavy atom. The van der Waals surface area contributed by atoms with E-state index in [1.807, 2.05) is 18.2 Å². The molecule has 1 aliphatic heterocycles. The Kier molecular flexibility index (Phi) is 5.90. The molecule has 0 radical (unpaired) electrons. The summed E-state index contributed by atoms with van der Waals surface area (Å²) in [6, 6.07) is 8.98. The van der Waals surface area contributed by atoms with Crippen molar-refractivity contribution in [2.75, 3.05) is 38.1 Å². The lowest BCUT2D eigenvalue weighted by molar-refractivity contribution is -0.122. The summed E-state index contributed by atoms with van der Waals surface area (Å²) >= 11 is 0. The van der Waals surface area contributed by atoms with Crippen LogP contribution in [0.25, 0.3) is 10.9 Å². The van der Waals surface area contributed by atoms with Gasteiger partial charge in [-0.1, -0.05) is 0 Å². The molecule has 0 atom stereocenters. The van der Waals surface area contributed by atoms with Gasteiger partial charge in [-0.15, -0.1) is 0 Å². The van der Waals surface area contributed by atoms with E-state index in [4.69, 9.17) is 9.90 Å². The van der Waals surface area contributed by atoms with Crippen molar-refractivity contribution < 1.29 is 18.3 Å². The third kappa shape index (κ3) is 3.97. The van der Waals surface area contributed by atoms with Gasteiger partial charge in [-0.3, -0.25) is 9.78 Å². The van der Waals surface area contributed by atoms with Crippen molar-refractivity contribution in [3.8, 4) is 0 Å². The highest BCUT2D eigenvalue weighted by Crippen LogP contribution is 2.25. The number of carboxylic acid groups (broad SMARTS) is 1. The monoisotopic (exact) mass is 403 g/mol. The molecule has 9 nitrogen and oxygen atoms in total. The van der Waals surface area contributed by atoms with Gasteiger partial charge >= 0.3 is 0 Å². The highest BCUT2D eigenvalue weighted by Gasteiger charge is 2.22. The minimum absolute atomic E-state index is 0.130. The number of fused-ring (bicyclic) bond motifs is 1. The molecule has 0 aliphatic carbocycles. The van der Waals surface area contributed by atoms with Crippen molar-refractivity contribution >= 4 is 33.1 Å². The number of carbonyl (C=O) groups is 1. The van der Waals surface area contributed by atoms with Crippen LogP contribution in [-0.2, 0) is 14.8 Å². The fourth-order valence-corrected chi connectivity index (χ4v) is 4.27. The lowest BCUT2D eigenvalue weighted by Crippen LogP contribution is -2.44. The Balaban J connectivity index is 0.000000706. The molecule has 0 saturated carbocycles. The number of anilines is 1. The second kappa shape index (κ2) is 8.36. The van der Waals surface area contributed by atoms with E-state index in [2.05, 4.69) is 26.9 Å². The lowest BCUT2D eigenvalue weighted by atomic mass is 10.2. The number of aromatic nitrogens is 3. The average Bonchev–Trinajstić information content (AvgIpc) is 3.14. The van der Waals surface area contributed by atoms with Gasteiger partial charge in [-0.05, 0) is 37.4 Å². The molecule has 3 heterocycles. The number of benzene rings is 1. The highest BCUT2D eigenvalue weighted by atomic mass is 32.2. The van der Waals surface area contributed by atoms with Crippen LogP contribution in [0.4, 0.5) is 5.69 Å². The Hall–Kier alpha value is -2.98. The standard InChI is InChI=1S/C17H19N5O2S.CH2O2/c1-20-7-9-21(10-8-20)15-5-4-14-12-19-22(17(14)11-15)25(23,24)16-3-2-6-18-13-16;2-1-3/h2-6,11-13H,7-10H2,1H3;1H,(H,2,3). The number of rotatable bonds is 3. The van der Waals surface area contributed by atoms with Crippen LogP contribution in [-0.4, -0.2) is 72.3 Å². The zero-order valence-corrected chi connectivity index (χ0v) is 16.2. The van der Waals surface area contributed by atoms with E-state index in [-0.39, 0.29) is 11.4 Å². The first-order chi connectivity index (χ1) is 13.5. The number of likely N-dealkylation sites (N-methyl/N-ethyl adjacent to an activating group) is 1. The number of hydrogen-bond acceptors (Lipinski definition) is 7. The van der Waals surface area contributed by atoms with Crippen molar-refractivity contribution in [3.63, 3.8) is 0 Å². The quantitative estimate of drug-likeness (QED) is 0.648. The molecular formula is C18H21N5O4S. The molecule has 0 unspecified atom stereocenters. The smallest absolute Gasteiger partial charge is 0.290 e. The fourth-order valence-electron chi connectivity index (χ4n) is 3.04. The zero-order valence-electron chi connectivity index (χ0n) is 15.3. The van der Waals surface area contributed by atoms with Crippen LogP contribution in [0.3, 0.4) is 0 Å². The van der Waals surface area contributed by atoms with Crippen LogP contribution < -0.4 is 4.90 Å². The second-order valence-electron chi connectivity index (χ2n) is 6.32. The summed E-state index contributed by atoms with van der Waals surface area (Å²) in [7, 11) is -1.65. The number of piperazine rings is 1. The first kappa shape index (κ1) is 19.8. The molecule has 1 aliphatic rings. The van der Waals surface area contributed by atoms with Crippen molar-refractivity contribution in [1.29, 1.82) is 0 Å². The van der Waals surface area contributed by atoms with Crippen molar-refractivity contribution in [2.45, 2.75) is 4.90 Å². The Bertz CT molecular complexity index is 1040. The van der Waals surface area contributed by atoms with E-state index in [9.17, 15) is 8.42 Å². The first-order valence-corrected chi connectivity index (χ1v) is 10.1. The molecule has 4 rings (SSSR count). The topological polar surface area (TPSA) is 109 Å². The maximum atomic E-state index is 12.9. The van der Waals surface area contributed by atoms with Gasteiger partial charge in [0.1, 0.15) is 4.90 Å². The third-order valence-electron chi connectivity index (χ3n) is 4.55. The molecule has 1 aromatic carbocycles. The van der Waals surface area contributed by atoms with Crippen molar-refractivity contribution in [2.24, 2.45) is 0 Å². The van der Waals surface area contributed by atoms with Crippen LogP contribution in [0.15, 0.2) is 53.8 Å². The zero-order chi connectivity index (χ0) is 20.1. The maximum absolute atomic E-state index is 12.9. The van der Waals surface area contributed by atoms with Gasteiger partial charge in [-0.2, -0.15) is 17.6 Å². The minimum atomic E-state index is -3.76. The van der Waals surface area contributed by atoms with Crippen molar-refractivity contribution in [3.05, 3.63) is 48.9 Å². The van der Waals surface area contributed by atoms with Crippen LogP contribution in [0.2, 0.25) is 0 Å². The SMILES string of the molecule is CN1CCN(c2ccc3cnn(S(=O)(=O)c4cccnc4)c3c2)CC1.O=CO. The van der Waals surface area contributed by atoms with E-state index in [0.717, 1.165) is 41.3 Å². The van der Waals surface area contributed by atoms with Crippen LogP contribution >= 0.6 is 0 Å². The third-order valence-corrected chi connectivity index (χ3v) is 6.13. The lowest BCUT2D eigenvalue weighted by Gasteiger charge is -2.34. The predicted octanol–water partition coefficient (Wildman–Crippen LogP) is 1.12.